The summed E-state index contributed by atoms with van der Waals surface area (Å²) in [6.45, 7) is 7.11. The Labute approximate surface area is 104 Å². The Hall–Kier alpha value is 0.120. The fraction of sp³-hybridized carbons (Fsp3) is 1.00. The van der Waals surface area contributed by atoms with Crippen LogP contribution in [0.1, 0.15) is 13.3 Å². The molecule has 5 nitrogen and oxygen atoms in total. The first-order chi connectivity index (χ1) is 7.14. The van der Waals surface area contributed by atoms with E-state index in [1.54, 1.807) is 6.92 Å². The van der Waals surface area contributed by atoms with Gasteiger partial charge in [0.1, 0.15) is 0 Å². The Morgan fingerprint density at radius 2 is 2.06 bits per heavy atom. The number of nitrogens with zero attached hydrogens (tertiary/aromatic N) is 1. The minimum atomic E-state index is -3.02. The van der Waals surface area contributed by atoms with Gasteiger partial charge in [0.05, 0.1) is 5.75 Å². The summed E-state index contributed by atoms with van der Waals surface area (Å²) in [5.74, 6) is 0.161. The van der Waals surface area contributed by atoms with Crippen molar-refractivity contribution in [3.8, 4) is 0 Å². The van der Waals surface area contributed by atoms with Crippen LogP contribution in [0.25, 0.3) is 0 Å². The molecule has 16 heavy (non-hydrogen) atoms. The van der Waals surface area contributed by atoms with Crippen LogP contribution in [-0.2, 0) is 10.0 Å². The van der Waals surface area contributed by atoms with Gasteiger partial charge < -0.3 is 10.2 Å². The number of hydrogen-bond donors (Lipinski definition) is 2. The highest BCUT2D eigenvalue weighted by molar-refractivity contribution is 7.89. The predicted molar refractivity (Wildman–Crippen MR) is 68.6 cm³/mol. The number of rotatable bonds is 5. The van der Waals surface area contributed by atoms with Gasteiger partial charge in [-0.05, 0) is 26.4 Å². The van der Waals surface area contributed by atoms with Crippen molar-refractivity contribution in [1.82, 2.24) is 14.9 Å². The lowest BCUT2D eigenvalue weighted by Gasteiger charge is -2.19. The third-order valence-electron chi connectivity index (χ3n) is 2.56. The van der Waals surface area contributed by atoms with E-state index in [9.17, 15) is 8.42 Å². The highest BCUT2D eigenvalue weighted by Gasteiger charge is 2.10. The molecule has 0 aromatic carbocycles. The lowest BCUT2D eigenvalue weighted by molar-refractivity contribution is 0.297. The van der Waals surface area contributed by atoms with Gasteiger partial charge in [-0.3, -0.25) is 0 Å². The molecule has 0 aromatic heterocycles. The molecule has 7 heteroatoms. The Kier molecular flexibility index (Phi) is 8.31. The SMILES string of the molecule is CCS(=O)(=O)NCCN1CCCNCC1.Cl. The minimum Gasteiger partial charge on any atom is -0.315 e. The van der Waals surface area contributed by atoms with Gasteiger partial charge in [-0.25, -0.2) is 13.1 Å². The molecule has 0 bridgehead atoms. The van der Waals surface area contributed by atoms with Gasteiger partial charge in [-0.2, -0.15) is 0 Å². The van der Waals surface area contributed by atoms with Crippen molar-refractivity contribution < 1.29 is 8.42 Å². The molecule has 0 unspecified atom stereocenters. The van der Waals surface area contributed by atoms with Crippen LogP contribution >= 0.6 is 12.4 Å². The van der Waals surface area contributed by atoms with E-state index in [0.717, 1.165) is 39.1 Å². The summed E-state index contributed by atoms with van der Waals surface area (Å²) in [5, 5.41) is 3.31. The van der Waals surface area contributed by atoms with Crippen molar-refractivity contribution in [2.75, 3.05) is 45.0 Å². The summed E-state index contributed by atoms with van der Waals surface area (Å²) in [6.07, 6.45) is 1.14. The molecule has 1 rings (SSSR count). The average Bonchev–Trinajstić information content (AvgIpc) is 2.46. The molecule has 0 saturated carbocycles. The molecule has 1 aliphatic heterocycles. The van der Waals surface area contributed by atoms with Crippen LogP contribution in [0.2, 0.25) is 0 Å². The summed E-state index contributed by atoms with van der Waals surface area (Å²) in [5.41, 5.74) is 0. The lowest BCUT2D eigenvalue weighted by atomic mass is 10.4. The number of sulfonamides is 1. The topological polar surface area (TPSA) is 61.4 Å². The van der Waals surface area contributed by atoms with Crippen LogP contribution in [0.4, 0.5) is 0 Å². The number of nitrogens with one attached hydrogen (secondary N) is 2. The summed E-state index contributed by atoms with van der Waals surface area (Å²) in [7, 11) is -3.02. The van der Waals surface area contributed by atoms with Crippen molar-refractivity contribution in [3.05, 3.63) is 0 Å². The molecule has 0 spiro atoms. The van der Waals surface area contributed by atoms with Crippen LogP contribution in [0, 0.1) is 0 Å². The highest BCUT2D eigenvalue weighted by Crippen LogP contribution is 1.94. The van der Waals surface area contributed by atoms with E-state index in [2.05, 4.69) is 14.9 Å². The molecule has 2 N–H and O–H groups in total. The van der Waals surface area contributed by atoms with Crippen LogP contribution in [0.3, 0.4) is 0 Å². The van der Waals surface area contributed by atoms with Crippen molar-refractivity contribution in [1.29, 1.82) is 0 Å². The van der Waals surface area contributed by atoms with E-state index in [4.69, 9.17) is 0 Å². The Balaban J connectivity index is 0.00000225. The largest absolute Gasteiger partial charge is 0.315 e. The molecule has 0 atom stereocenters. The maximum absolute atomic E-state index is 11.2. The lowest BCUT2D eigenvalue weighted by Crippen LogP contribution is -2.37. The molecular formula is C9H22ClN3O2S. The van der Waals surface area contributed by atoms with E-state index < -0.39 is 10.0 Å². The normalized spacial score (nSPS) is 18.8. The third-order valence-corrected chi connectivity index (χ3v) is 3.97. The van der Waals surface area contributed by atoms with Crippen LogP contribution in [0.5, 0.6) is 0 Å². The second-order valence-corrected chi connectivity index (χ2v) is 5.84. The molecule has 1 saturated heterocycles. The standard InChI is InChI=1S/C9H21N3O2S.ClH/c1-2-15(13,14)11-6-9-12-7-3-4-10-5-8-12;/h10-11H,2-9H2,1H3;1H. The fourth-order valence-corrected chi connectivity index (χ4v) is 2.19. The summed E-state index contributed by atoms with van der Waals surface area (Å²) in [6, 6.07) is 0. The number of halogens is 1. The molecule has 1 fully saturated rings. The van der Waals surface area contributed by atoms with Gasteiger partial charge in [0.25, 0.3) is 0 Å². The second-order valence-electron chi connectivity index (χ2n) is 3.74. The minimum absolute atomic E-state index is 0. The van der Waals surface area contributed by atoms with Crippen molar-refractivity contribution >= 4 is 22.4 Å². The van der Waals surface area contributed by atoms with E-state index >= 15 is 0 Å². The summed E-state index contributed by atoms with van der Waals surface area (Å²) >= 11 is 0. The summed E-state index contributed by atoms with van der Waals surface area (Å²) < 4.78 is 24.9. The number of hydrogen-bond acceptors (Lipinski definition) is 4. The predicted octanol–water partition coefficient (Wildman–Crippen LogP) is -0.357. The third kappa shape index (κ3) is 6.65. The van der Waals surface area contributed by atoms with Crippen LogP contribution in [0.15, 0.2) is 0 Å². The maximum atomic E-state index is 11.2. The van der Waals surface area contributed by atoms with Gasteiger partial charge in [0.15, 0.2) is 0 Å². The molecule has 98 valence electrons. The zero-order chi connectivity index (χ0) is 11.1. The van der Waals surface area contributed by atoms with Gasteiger partial charge in [-0.1, -0.05) is 0 Å². The first-order valence-corrected chi connectivity index (χ1v) is 7.19. The Bertz CT molecular complexity index is 264. The van der Waals surface area contributed by atoms with Crippen LogP contribution in [-0.4, -0.2) is 58.3 Å². The first kappa shape index (κ1) is 16.1. The molecule has 0 radical (unpaired) electrons. The van der Waals surface area contributed by atoms with Gasteiger partial charge in [0, 0.05) is 26.2 Å². The zero-order valence-electron chi connectivity index (χ0n) is 9.74. The van der Waals surface area contributed by atoms with E-state index in [1.807, 2.05) is 0 Å². The first-order valence-electron chi connectivity index (χ1n) is 5.54. The van der Waals surface area contributed by atoms with Gasteiger partial charge in [-0.15, -0.1) is 12.4 Å². The van der Waals surface area contributed by atoms with Crippen molar-refractivity contribution in [3.63, 3.8) is 0 Å². The molecule has 1 heterocycles. The Morgan fingerprint density at radius 1 is 1.31 bits per heavy atom. The van der Waals surface area contributed by atoms with Crippen molar-refractivity contribution in [2.45, 2.75) is 13.3 Å². The average molecular weight is 272 g/mol. The molecule has 1 aliphatic rings. The fourth-order valence-electron chi connectivity index (χ4n) is 1.59. The van der Waals surface area contributed by atoms with Crippen LogP contribution < -0.4 is 10.0 Å². The maximum Gasteiger partial charge on any atom is 0.211 e. The van der Waals surface area contributed by atoms with E-state index in [-0.39, 0.29) is 18.2 Å². The van der Waals surface area contributed by atoms with Gasteiger partial charge in [0.2, 0.25) is 10.0 Å². The van der Waals surface area contributed by atoms with Gasteiger partial charge >= 0.3 is 0 Å². The van der Waals surface area contributed by atoms with E-state index in [0.29, 0.717) is 6.54 Å². The zero-order valence-corrected chi connectivity index (χ0v) is 11.4. The molecule has 0 aromatic rings. The Morgan fingerprint density at radius 3 is 2.75 bits per heavy atom. The highest BCUT2D eigenvalue weighted by atomic mass is 35.5. The van der Waals surface area contributed by atoms with Crippen molar-refractivity contribution in [2.24, 2.45) is 0 Å². The monoisotopic (exact) mass is 271 g/mol. The second kappa shape index (κ2) is 8.25. The molecular weight excluding hydrogens is 250 g/mol. The molecule has 0 amide bonds. The summed E-state index contributed by atoms with van der Waals surface area (Å²) in [4.78, 5) is 2.29. The smallest absolute Gasteiger partial charge is 0.211 e. The quantitative estimate of drug-likeness (QED) is 0.717. The molecule has 0 aliphatic carbocycles. The van der Waals surface area contributed by atoms with E-state index in [1.165, 1.54) is 0 Å².